The number of carbonyl (C=O) groups is 2. The van der Waals surface area contributed by atoms with Crippen molar-refractivity contribution in [2.75, 3.05) is 26.4 Å². The Labute approximate surface area is 165 Å². The van der Waals surface area contributed by atoms with Gasteiger partial charge in [-0.3, -0.25) is 9.59 Å². The third-order valence-corrected chi connectivity index (χ3v) is 4.99. The van der Waals surface area contributed by atoms with Gasteiger partial charge in [0.2, 0.25) is 5.91 Å². The molecule has 1 atom stereocenters. The van der Waals surface area contributed by atoms with Crippen LogP contribution < -0.4 is 16.4 Å². The van der Waals surface area contributed by atoms with Gasteiger partial charge >= 0.3 is 0 Å². The molecule has 0 aliphatic carbocycles. The highest BCUT2D eigenvalue weighted by atomic mass is 35.5. The second-order valence-corrected chi connectivity index (χ2v) is 7.00. The first-order chi connectivity index (χ1) is 12.6. The molecule has 0 bridgehead atoms. The molecule has 0 spiro atoms. The van der Waals surface area contributed by atoms with Crippen LogP contribution in [0.2, 0.25) is 0 Å². The van der Waals surface area contributed by atoms with Crippen molar-refractivity contribution in [3.05, 3.63) is 35.4 Å². The molecule has 27 heavy (non-hydrogen) atoms. The molecule has 1 unspecified atom stereocenters. The van der Waals surface area contributed by atoms with Crippen molar-refractivity contribution < 1.29 is 19.1 Å². The monoisotopic (exact) mass is 397 g/mol. The summed E-state index contributed by atoms with van der Waals surface area (Å²) < 4.78 is 10.8. The van der Waals surface area contributed by atoms with Gasteiger partial charge in [-0.25, -0.2) is 0 Å². The van der Waals surface area contributed by atoms with Crippen LogP contribution in [-0.2, 0) is 20.8 Å². The molecule has 1 aromatic carbocycles. The standard InChI is InChI=1S/C19H27N3O4.ClH/c20-19(6-9-25-10-7-19)18(24)22-12-14-3-1-4-15(11-14)17(23)21-13-16-5-2-8-26-16;/h1,3-4,11,16H,2,5-10,12-13,20H2,(H,21,23)(H,22,24);1H. The third kappa shape index (κ3) is 5.90. The van der Waals surface area contributed by atoms with E-state index < -0.39 is 5.54 Å². The van der Waals surface area contributed by atoms with E-state index in [0.717, 1.165) is 25.0 Å². The van der Waals surface area contributed by atoms with Crippen LogP contribution in [0.5, 0.6) is 0 Å². The normalized spacial score (nSPS) is 21.1. The number of hydrogen-bond donors (Lipinski definition) is 3. The molecular weight excluding hydrogens is 370 g/mol. The van der Waals surface area contributed by atoms with Gasteiger partial charge in [0.05, 0.1) is 11.6 Å². The minimum absolute atomic E-state index is 0. The number of rotatable bonds is 6. The van der Waals surface area contributed by atoms with Crippen LogP contribution >= 0.6 is 12.4 Å². The van der Waals surface area contributed by atoms with Crippen LogP contribution in [-0.4, -0.2) is 49.8 Å². The van der Waals surface area contributed by atoms with Crippen molar-refractivity contribution in [3.63, 3.8) is 0 Å². The molecule has 150 valence electrons. The van der Waals surface area contributed by atoms with E-state index in [0.29, 0.717) is 44.7 Å². The molecule has 2 amide bonds. The zero-order chi connectivity index (χ0) is 18.4. The van der Waals surface area contributed by atoms with E-state index in [-0.39, 0.29) is 30.3 Å². The van der Waals surface area contributed by atoms with Gasteiger partial charge in [-0.2, -0.15) is 0 Å². The maximum atomic E-state index is 12.4. The summed E-state index contributed by atoms with van der Waals surface area (Å²) in [5.74, 6) is -0.303. The molecule has 0 saturated carbocycles. The Kier molecular flexibility index (Phi) is 8.04. The quantitative estimate of drug-likeness (QED) is 0.668. The summed E-state index contributed by atoms with van der Waals surface area (Å²) in [5, 5.41) is 5.79. The molecule has 4 N–H and O–H groups in total. The van der Waals surface area contributed by atoms with Gasteiger partial charge in [0.1, 0.15) is 0 Å². The average molecular weight is 398 g/mol. The van der Waals surface area contributed by atoms with E-state index >= 15 is 0 Å². The van der Waals surface area contributed by atoms with Gasteiger partial charge in [-0.05, 0) is 43.4 Å². The Morgan fingerprint density at radius 3 is 2.67 bits per heavy atom. The van der Waals surface area contributed by atoms with Crippen LogP contribution in [0.15, 0.2) is 24.3 Å². The molecule has 2 saturated heterocycles. The van der Waals surface area contributed by atoms with E-state index in [1.807, 2.05) is 12.1 Å². The minimum Gasteiger partial charge on any atom is -0.381 e. The summed E-state index contributed by atoms with van der Waals surface area (Å²) in [5.41, 5.74) is 6.74. The molecule has 8 heteroatoms. The number of nitrogens with two attached hydrogens (primary N) is 1. The van der Waals surface area contributed by atoms with E-state index in [4.69, 9.17) is 15.2 Å². The number of benzene rings is 1. The summed E-state index contributed by atoms with van der Waals surface area (Å²) >= 11 is 0. The summed E-state index contributed by atoms with van der Waals surface area (Å²) in [6.07, 6.45) is 3.18. The number of amides is 2. The lowest BCUT2D eigenvalue weighted by Gasteiger charge is -2.31. The predicted octanol–water partition coefficient (Wildman–Crippen LogP) is 1.14. The van der Waals surface area contributed by atoms with Crippen LogP contribution in [0.3, 0.4) is 0 Å². The lowest BCUT2D eigenvalue weighted by molar-refractivity contribution is -0.129. The lowest BCUT2D eigenvalue weighted by atomic mass is 9.90. The van der Waals surface area contributed by atoms with Crippen LogP contribution in [0.25, 0.3) is 0 Å². The first-order valence-corrected chi connectivity index (χ1v) is 9.20. The summed E-state index contributed by atoms with van der Waals surface area (Å²) in [6, 6.07) is 7.25. The maximum Gasteiger partial charge on any atom is 0.251 e. The third-order valence-electron chi connectivity index (χ3n) is 4.99. The van der Waals surface area contributed by atoms with Crippen molar-refractivity contribution in [1.29, 1.82) is 0 Å². The topological polar surface area (TPSA) is 103 Å². The number of ether oxygens (including phenoxy) is 2. The van der Waals surface area contributed by atoms with Gasteiger partial charge in [0.15, 0.2) is 0 Å². The van der Waals surface area contributed by atoms with E-state index in [2.05, 4.69) is 10.6 Å². The number of halogens is 1. The Morgan fingerprint density at radius 2 is 1.96 bits per heavy atom. The highest BCUT2D eigenvalue weighted by Crippen LogP contribution is 2.18. The smallest absolute Gasteiger partial charge is 0.251 e. The van der Waals surface area contributed by atoms with Crippen molar-refractivity contribution >= 4 is 24.2 Å². The van der Waals surface area contributed by atoms with Crippen molar-refractivity contribution in [1.82, 2.24) is 10.6 Å². The Morgan fingerprint density at radius 1 is 1.19 bits per heavy atom. The van der Waals surface area contributed by atoms with E-state index in [1.54, 1.807) is 12.1 Å². The second kappa shape index (κ2) is 10.0. The Bertz CT molecular complexity index is 644. The Balaban J connectivity index is 0.00000261. The zero-order valence-corrected chi connectivity index (χ0v) is 16.2. The molecule has 2 heterocycles. The predicted molar refractivity (Wildman–Crippen MR) is 104 cm³/mol. The van der Waals surface area contributed by atoms with Gasteiger partial charge in [-0.15, -0.1) is 12.4 Å². The molecule has 2 fully saturated rings. The van der Waals surface area contributed by atoms with E-state index in [9.17, 15) is 9.59 Å². The molecular formula is C19H28ClN3O4. The SMILES string of the molecule is Cl.NC1(C(=O)NCc2cccc(C(=O)NCC3CCCO3)c2)CCOCC1. The highest BCUT2D eigenvalue weighted by molar-refractivity contribution is 5.94. The van der Waals surface area contributed by atoms with Gasteiger partial charge < -0.3 is 25.8 Å². The van der Waals surface area contributed by atoms with Crippen molar-refractivity contribution in [3.8, 4) is 0 Å². The van der Waals surface area contributed by atoms with Gasteiger partial charge in [-0.1, -0.05) is 12.1 Å². The fraction of sp³-hybridized carbons (Fsp3) is 0.579. The Hall–Kier alpha value is -1.67. The first-order valence-electron chi connectivity index (χ1n) is 9.20. The number of carbonyl (C=O) groups excluding carboxylic acids is 2. The fourth-order valence-corrected chi connectivity index (χ4v) is 3.26. The molecule has 2 aliphatic rings. The first kappa shape index (κ1) is 21.6. The molecule has 2 aliphatic heterocycles. The largest absolute Gasteiger partial charge is 0.381 e. The average Bonchev–Trinajstić information content (AvgIpc) is 3.18. The van der Waals surface area contributed by atoms with Gasteiger partial charge in [0.25, 0.3) is 5.91 Å². The van der Waals surface area contributed by atoms with Crippen LogP contribution in [0.4, 0.5) is 0 Å². The van der Waals surface area contributed by atoms with Crippen LogP contribution in [0.1, 0.15) is 41.6 Å². The summed E-state index contributed by atoms with van der Waals surface area (Å²) in [4.78, 5) is 24.7. The van der Waals surface area contributed by atoms with Gasteiger partial charge in [0, 0.05) is 38.5 Å². The van der Waals surface area contributed by atoms with Crippen molar-refractivity contribution in [2.24, 2.45) is 5.73 Å². The second-order valence-electron chi connectivity index (χ2n) is 7.00. The molecule has 3 rings (SSSR count). The molecule has 0 radical (unpaired) electrons. The molecule has 1 aromatic rings. The summed E-state index contributed by atoms with van der Waals surface area (Å²) in [6.45, 7) is 2.64. The maximum absolute atomic E-state index is 12.4. The minimum atomic E-state index is -0.867. The number of hydrogen-bond acceptors (Lipinski definition) is 5. The van der Waals surface area contributed by atoms with Crippen LogP contribution in [0, 0.1) is 0 Å². The number of nitrogens with one attached hydrogen (secondary N) is 2. The summed E-state index contributed by atoms with van der Waals surface area (Å²) in [7, 11) is 0. The fourth-order valence-electron chi connectivity index (χ4n) is 3.26. The molecule has 7 nitrogen and oxygen atoms in total. The molecule has 0 aromatic heterocycles. The highest BCUT2D eigenvalue weighted by Gasteiger charge is 2.35. The van der Waals surface area contributed by atoms with Crippen molar-refractivity contribution in [2.45, 2.75) is 43.9 Å². The lowest BCUT2D eigenvalue weighted by Crippen LogP contribution is -2.56. The zero-order valence-electron chi connectivity index (χ0n) is 15.4. The van der Waals surface area contributed by atoms with E-state index in [1.165, 1.54) is 0 Å².